The molecule has 1 aromatic heterocycles. The van der Waals surface area contributed by atoms with Crippen LogP contribution in [0.2, 0.25) is 0 Å². The van der Waals surface area contributed by atoms with Crippen LogP contribution in [0.15, 0.2) is 106 Å². The molecule has 3 aromatic carbocycles. The van der Waals surface area contributed by atoms with E-state index in [9.17, 15) is 13.2 Å². The van der Waals surface area contributed by atoms with Crippen LogP contribution in [-0.2, 0) is 19.6 Å². The van der Waals surface area contributed by atoms with Gasteiger partial charge >= 0.3 is 6.18 Å². The quantitative estimate of drug-likeness (QED) is 0.213. The summed E-state index contributed by atoms with van der Waals surface area (Å²) in [6.07, 6.45) is 1.30. The highest BCUT2D eigenvalue weighted by atomic mass is 19.4. The fraction of sp³-hybridized carbons (Fsp3) is 0.194. The SMILES string of the molecule is Cn1cc(C(F)(F)F)nc1-c1ccc(CC2=C(N=C(N=CN)c3ccc(-c4ccccc4)cc3)CCC2)cc1. The Morgan fingerprint density at radius 1 is 0.923 bits per heavy atom. The van der Waals surface area contributed by atoms with Crippen molar-refractivity contribution in [3.63, 3.8) is 0 Å². The topological polar surface area (TPSA) is 68.6 Å². The lowest BCUT2D eigenvalue weighted by atomic mass is 10.0. The summed E-state index contributed by atoms with van der Waals surface area (Å²) in [5.74, 6) is 0.846. The maximum absolute atomic E-state index is 13.1. The molecule has 8 heteroatoms. The predicted molar refractivity (Wildman–Crippen MR) is 149 cm³/mol. The number of nitrogens with zero attached hydrogens (tertiary/aromatic N) is 4. The van der Waals surface area contributed by atoms with Crippen LogP contribution in [0.4, 0.5) is 13.2 Å². The first-order valence-corrected chi connectivity index (χ1v) is 12.7. The summed E-state index contributed by atoms with van der Waals surface area (Å²) in [4.78, 5) is 13.1. The van der Waals surface area contributed by atoms with Gasteiger partial charge in [-0.25, -0.2) is 15.0 Å². The molecule has 1 heterocycles. The second-order valence-corrected chi connectivity index (χ2v) is 9.49. The number of alkyl halides is 3. The zero-order valence-electron chi connectivity index (χ0n) is 21.5. The number of nitrogens with two attached hydrogens (primary N) is 1. The molecule has 4 aromatic rings. The van der Waals surface area contributed by atoms with E-state index < -0.39 is 11.9 Å². The van der Waals surface area contributed by atoms with E-state index in [1.54, 1.807) is 7.05 Å². The summed E-state index contributed by atoms with van der Waals surface area (Å²) in [5, 5.41) is 0. The van der Waals surface area contributed by atoms with Gasteiger partial charge in [0.25, 0.3) is 0 Å². The van der Waals surface area contributed by atoms with Crippen LogP contribution >= 0.6 is 0 Å². The molecule has 1 aliphatic rings. The van der Waals surface area contributed by atoms with Gasteiger partial charge in [0.15, 0.2) is 11.5 Å². The normalized spacial score (nSPS) is 14.5. The fourth-order valence-electron chi connectivity index (χ4n) is 4.81. The molecule has 0 atom stereocenters. The van der Waals surface area contributed by atoms with Crippen LogP contribution in [0.25, 0.3) is 22.5 Å². The lowest BCUT2D eigenvalue weighted by molar-refractivity contribution is -0.140. The van der Waals surface area contributed by atoms with E-state index in [1.807, 2.05) is 54.6 Å². The van der Waals surface area contributed by atoms with E-state index in [-0.39, 0.29) is 5.82 Å². The van der Waals surface area contributed by atoms with Crippen molar-refractivity contribution >= 4 is 12.2 Å². The molecule has 0 saturated heterocycles. The van der Waals surface area contributed by atoms with Crippen molar-refractivity contribution in [2.24, 2.45) is 22.8 Å². The van der Waals surface area contributed by atoms with Gasteiger partial charge in [0, 0.05) is 30.1 Å². The molecular formula is C31H28F3N5. The van der Waals surface area contributed by atoms with Gasteiger partial charge < -0.3 is 10.3 Å². The molecule has 198 valence electrons. The van der Waals surface area contributed by atoms with Gasteiger partial charge in [0.2, 0.25) is 0 Å². The van der Waals surface area contributed by atoms with Crippen molar-refractivity contribution < 1.29 is 13.2 Å². The van der Waals surface area contributed by atoms with Crippen LogP contribution in [0.5, 0.6) is 0 Å². The summed E-state index contributed by atoms with van der Waals surface area (Å²) in [5.41, 5.74) is 11.8. The molecule has 0 spiro atoms. The Kier molecular flexibility index (Phi) is 7.45. The predicted octanol–water partition coefficient (Wildman–Crippen LogP) is 7.19. The van der Waals surface area contributed by atoms with Gasteiger partial charge in [-0.3, -0.25) is 0 Å². The van der Waals surface area contributed by atoms with Crippen LogP contribution < -0.4 is 5.73 Å². The second-order valence-electron chi connectivity index (χ2n) is 9.49. The number of halogens is 3. The first kappa shape index (κ1) is 26.2. The van der Waals surface area contributed by atoms with Crippen molar-refractivity contribution in [1.29, 1.82) is 0 Å². The van der Waals surface area contributed by atoms with Crippen LogP contribution in [0.3, 0.4) is 0 Å². The molecule has 5 nitrogen and oxygen atoms in total. The Morgan fingerprint density at radius 2 is 1.59 bits per heavy atom. The van der Waals surface area contributed by atoms with Gasteiger partial charge in [0.1, 0.15) is 5.82 Å². The van der Waals surface area contributed by atoms with E-state index in [0.717, 1.165) is 53.4 Å². The third-order valence-electron chi connectivity index (χ3n) is 6.78. The van der Waals surface area contributed by atoms with E-state index in [1.165, 1.54) is 16.5 Å². The van der Waals surface area contributed by atoms with Gasteiger partial charge in [-0.15, -0.1) is 0 Å². The van der Waals surface area contributed by atoms with Crippen molar-refractivity contribution in [3.05, 3.63) is 113 Å². The molecular weight excluding hydrogens is 499 g/mol. The summed E-state index contributed by atoms with van der Waals surface area (Å²) < 4.78 is 40.6. The maximum atomic E-state index is 13.1. The number of aryl methyl sites for hydroxylation is 1. The molecule has 2 N–H and O–H groups in total. The Labute approximate surface area is 225 Å². The number of benzene rings is 3. The number of hydrogen-bond donors (Lipinski definition) is 1. The van der Waals surface area contributed by atoms with Crippen LogP contribution in [-0.4, -0.2) is 21.7 Å². The molecule has 0 aliphatic heterocycles. The molecule has 0 radical (unpaired) electrons. The standard InChI is InChI=1S/C31H28F3N5/c1-39-19-28(31(32,33)34)38-30(39)25-12-10-21(11-13-25)18-26-8-5-9-27(26)37-29(36-20-35)24-16-14-23(15-17-24)22-6-3-2-4-7-22/h2-4,6-7,10-17,19-20H,5,8-9,18H2,1H3,(H2,35,36,37). The minimum Gasteiger partial charge on any atom is -0.390 e. The van der Waals surface area contributed by atoms with Crippen molar-refractivity contribution in [3.8, 4) is 22.5 Å². The summed E-state index contributed by atoms with van der Waals surface area (Å²) in [7, 11) is 1.57. The Morgan fingerprint density at radius 3 is 2.23 bits per heavy atom. The smallest absolute Gasteiger partial charge is 0.390 e. The van der Waals surface area contributed by atoms with Crippen LogP contribution in [0.1, 0.15) is 36.1 Å². The Bertz CT molecular complexity index is 1530. The number of imidazole rings is 1. The van der Waals surface area contributed by atoms with Gasteiger partial charge in [0.05, 0.1) is 6.34 Å². The minimum atomic E-state index is -4.47. The highest BCUT2D eigenvalue weighted by molar-refractivity contribution is 6.03. The van der Waals surface area contributed by atoms with Gasteiger partial charge in [-0.2, -0.15) is 13.2 Å². The van der Waals surface area contributed by atoms with E-state index in [2.05, 4.69) is 34.2 Å². The molecule has 0 bridgehead atoms. The molecule has 39 heavy (non-hydrogen) atoms. The lowest BCUT2D eigenvalue weighted by Crippen LogP contribution is -2.04. The third-order valence-corrected chi connectivity index (χ3v) is 6.78. The largest absolute Gasteiger partial charge is 0.434 e. The summed E-state index contributed by atoms with van der Waals surface area (Å²) in [6.45, 7) is 0. The molecule has 5 rings (SSSR count). The molecule has 0 fully saturated rings. The van der Waals surface area contributed by atoms with E-state index >= 15 is 0 Å². The minimum absolute atomic E-state index is 0.279. The zero-order chi connectivity index (χ0) is 27.4. The Hall–Kier alpha value is -4.46. The monoisotopic (exact) mass is 527 g/mol. The number of allylic oxidation sites excluding steroid dienone is 2. The Balaban J connectivity index is 1.37. The van der Waals surface area contributed by atoms with Crippen molar-refractivity contribution in [2.45, 2.75) is 31.9 Å². The summed E-state index contributed by atoms with van der Waals surface area (Å²) >= 11 is 0. The number of hydrogen-bond acceptors (Lipinski definition) is 2. The van der Waals surface area contributed by atoms with Crippen LogP contribution in [0, 0.1) is 0 Å². The number of aliphatic imine (C=N–C) groups is 2. The molecule has 1 aliphatic carbocycles. The van der Waals surface area contributed by atoms with Gasteiger partial charge in [-0.05, 0) is 47.9 Å². The third kappa shape index (κ3) is 6.00. The number of amidine groups is 1. The van der Waals surface area contributed by atoms with E-state index in [4.69, 9.17) is 10.7 Å². The second kappa shape index (κ2) is 11.1. The maximum Gasteiger partial charge on any atom is 0.434 e. The number of rotatable bonds is 6. The zero-order valence-corrected chi connectivity index (χ0v) is 21.5. The lowest BCUT2D eigenvalue weighted by Gasteiger charge is -2.08. The fourth-order valence-corrected chi connectivity index (χ4v) is 4.81. The highest BCUT2D eigenvalue weighted by Crippen LogP contribution is 2.33. The number of aromatic nitrogens is 2. The molecule has 0 saturated carbocycles. The van der Waals surface area contributed by atoms with Crippen molar-refractivity contribution in [1.82, 2.24) is 9.55 Å². The molecule has 0 unspecified atom stereocenters. The average molecular weight is 528 g/mol. The first-order chi connectivity index (χ1) is 18.8. The van der Waals surface area contributed by atoms with Crippen molar-refractivity contribution in [2.75, 3.05) is 0 Å². The van der Waals surface area contributed by atoms with Gasteiger partial charge in [-0.1, -0.05) is 78.9 Å². The van der Waals surface area contributed by atoms with E-state index in [0.29, 0.717) is 17.8 Å². The first-order valence-electron chi connectivity index (χ1n) is 12.7. The highest BCUT2D eigenvalue weighted by Gasteiger charge is 2.34. The summed E-state index contributed by atoms with van der Waals surface area (Å²) in [6, 6.07) is 25.8. The molecule has 0 amide bonds. The average Bonchev–Trinajstić information content (AvgIpc) is 3.55.